The number of amides is 1. The fourth-order valence-electron chi connectivity index (χ4n) is 5.02. The maximum Gasteiger partial charge on any atom is 0.251 e. The highest BCUT2D eigenvalue weighted by atomic mass is 16.5. The molecule has 1 aromatic heterocycles. The van der Waals surface area contributed by atoms with Crippen molar-refractivity contribution in [3.05, 3.63) is 48.2 Å². The smallest absolute Gasteiger partial charge is 0.251 e. The average Bonchev–Trinajstić information content (AvgIpc) is 2.83. The third kappa shape index (κ3) is 4.38. The molecule has 0 radical (unpaired) electrons. The standard InChI is InChI=1S/C24H30N4O3/c1-17-23(18-8-10-27(17)11-9-18)26-24(29)19-2-5-21(6-3-19)31-22-7-4-20(16-25-22)28-12-14-30-15-13-28/h2-7,16-18,23H,8-15H2,1H3,(H,26,29)/t17-,23+/m1/s1. The number of benzene rings is 1. The summed E-state index contributed by atoms with van der Waals surface area (Å²) in [6, 6.07) is 11.8. The van der Waals surface area contributed by atoms with Crippen LogP contribution in [0.5, 0.6) is 11.6 Å². The van der Waals surface area contributed by atoms with Gasteiger partial charge >= 0.3 is 0 Å². The topological polar surface area (TPSA) is 66.9 Å². The van der Waals surface area contributed by atoms with Crippen LogP contribution in [0, 0.1) is 5.92 Å². The van der Waals surface area contributed by atoms with Crippen LogP contribution in [-0.2, 0) is 4.74 Å². The number of carbonyl (C=O) groups is 1. The van der Waals surface area contributed by atoms with Gasteiger partial charge in [-0.05, 0) is 69.1 Å². The SMILES string of the molecule is C[C@@H]1[C@H](NC(=O)c2ccc(Oc3ccc(N4CCOCC4)cn3)cc2)C2CCN1CC2. The molecule has 1 amide bonds. The Kier molecular flexibility index (Phi) is 5.78. The summed E-state index contributed by atoms with van der Waals surface area (Å²) in [6.45, 7) is 7.79. The number of nitrogens with zero attached hydrogens (tertiary/aromatic N) is 3. The molecule has 4 aliphatic heterocycles. The number of nitrogens with one attached hydrogen (secondary N) is 1. The molecule has 4 aliphatic rings. The molecule has 6 rings (SSSR count). The van der Waals surface area contributed by atoms with E-state index < -0.39 is 0 Å². The number of rotatable bonds is 5. The van der Waals surface area contributed by atoms with E-state index in [1.807, 2.05) is 42.6 Å². The van der Waals surface area contributed by atoms with Crippen molar-refractivity contribution >= 4 is 11.6 Å². The number of pyridine rings is 1. The summed E-state index contributed by atoms with van der Waals surface area (Å²) in [4.78, 5) is 22.0. The van der Waals surface area contributed by atoms with Crippen LogP contribution in [0.25, 0.3) is 0 Å². The third-order valence-electron chi connectivity index (χ3n) is 6.91. The van der Waals surface area contributed by atoms with Crippen molar-refractivity contribution in [2.24, 2.45) is 5.92 Å². The summed E-state index contributed by atoms with van der Waals surface area (Å²) in [6.07, 6.45) is 4.19. The van der Waals surface area contributed by atoms with E-state index in [2.05, 4.69) is 27.0 Å². The summed E-state index contributed by atoms with van der Waals surface area (Å²) in [5.41, 5.74) is 1.73. The van der Waals surface area contributed by atoms with E-state index in [-0.39, 0.29) is 11.9 Å². The van der Waals surface area contributed by atoms with E-state index in [9.17, 15) is 4.79 Å². The number of carbonyl (C=O) groups excluding carboxylic acids is 1. The molecule has 2 aromatic rings. The molecule has 1 aromatic carbocycles. The van der Waals surface area contributed by atoms with Crippen LogP contribution in [-0.4, -0.2) is 67.3 Å². The lowest BCUT2D eigenvalue weighted by atomic mass is 9.79. The van der Waals surface area contributed by atoms with Gasteiger partial charge in [-0.2, -0.15) is 0 Å². The predicted octanol–water partition coefficient (Wildman–Crippen LogP) is 2.92. The van der Waals surface area contributed by atoms with Crippen LogP contribution < -0.4 is 15.0 Å². The molecule has 0 aliphatic carbocycles. The molecule has 31 heavy (non-hydrogen) atoms. The Labute approximate surface area is 183 Å². The minimum atomic E-state index is -0.00913. The second kappa shape index (κ2) is 8.85. The molecule has 7 heteroatoms. The van der Waals surface area contributed by atoms with Gasteiger partial charge in [0.25, 0.3) is 5.91 Å². The van der Waals surface area contributed by atoms with Crippen molar-refractivity contribution in [1.29, 1.82) is 0 Å². The highest BCUT2D eigenvalue weighted by molar-refractivity contribution is 5.94. The first-order valence-electron chi connectivity index (χ1n) is 11.3. The van der Waals surface area contributed by atoms with E-state index in [1.165, 1.54) is 12.8 Å². The van der Waals surface area contributed by atoms with E-state index in [1.54, 1.807) is 0 Å². The number of aromatic nitrogens is 1. The van der Waals surface area contributed by atoms with Gasteiger partial charge in [0.15, 0.2) is 0 Å². The molecular weight excluding hydrogens is 392 g/mol. The van der Waals surface area contributed by atoms with E-state index >= 15 is 0 Å². The maximum atomic E-state index is 12.8. The Morgan fingerprint density at radius 1 is 1.06 bits per heavy atom. The Balaban J connectivity index is 1.18. The van der Waals surface area contributed by atoms with Gasteiger partial charge in [0.05, 0.1) is 25.1 Å². The quantitative estimate of drug-likeness (QED) is 0.799. The Morgan fingerprint density at radius 3 is 2.45 bits per heavy atom. The van der Waals surface area contributed by atoms with E-state index in [4.69, 9.17) is 9.47 Å². The van der Waals surface area contributed by atoms with E-state index in [0.717, 1.165) is 45.1 Å². The fraction of sp³-hybridized carbons (Fsp3) is 0.500. The molecule has 2 bridgehead atoms. The maximum absolute atomic E-state index is 12.8. The van der Waals surface area contributed by atoms with Gasteiger partial charge in [-0.25, -0.2) is 4.98 Å². The molecular formula is C24H30N4O3. The summed E-state index contributed by atoms with van der Waals surface area (Å²) in [5.74, 6) is 1.79. The van der Waals surface area contributed by atoms with Crippen molar-refractivity contribution in [1.82, 2.24) is 15.2 Å². The normalized spacial score (nSPS) is 27.7. The Bertz CT molecular complexity index is 886. The summed E-state index contributed by atoms with van der Waals surface area (Å²) < 4.78 is 11.3. The lowest BCUT2D eigenvalue weighted by molar-refractivity contribution is 0.0217. The van der Waals surface area contributed by atoms with Crippen molar-refractivity contribution in [3.63, 3.8) is 0 Å². The van der Waals surface area contributed by atoms with E-state index in [0.29, 0.717) is 29.2 Å². The summed E-state index contributed by atoms with van der Waals surface area (Å²) >= 11 is 0. The van der Waals surface area contributed by atoms with Crippen LogP contribution in [0.2, 0.25) is 0 Å². The van der Waals surface area contributed by atoms with Crippen molar-refractivity contribution < 1.29 is 14.3 Å². The van der Waals surface area contributed by atoms with Crippen LogP contribution in [0.4, 0.5) is 5.69 Å². The third-order valence-corrected chi connectivity index (χ3v) is 6.91. The van der Waals surface area contributed by atoms with Crippen molar-refractivity contribution in [2.75, 3.05) is 44.3 Å². The first-order chi connectivity index (χ1) is 15.2. The largest absolute Gasteiger partial charge is 0.439 e. The number of anilines is 1. The Hall–Kier alpha value is -2.64. The Morgan fingerprint density at radius 2 is 1.81 bits per heavy atom. The lowest BCUT2D eigenvalue weighted by Gasteiger charge is -2.49. The highest BCUT2D eigenvalue weighted by Crippen LogP contribution is 2.32. The molecule has 2 atom stereocenters. The minimum Gasteiger partial charge on any atom is -0.439 e. The number of piperidine rings is 3. The first-order valence-corrected chi connectivity index (χ1v) is 11.3. The van der Waals surface area contributed by atoms with Crippen LogP contribution >= 0.6 is 0 Å². The zero-order chi connectivity index (χ0) is 21.2. The number of hydrogen-bond donors (Lipinski definition) is 1. The number of fused-ring (bicyclic) bond motifs is 3. The monoisotopic (exact) mass is 422 g/mol. The zero-order valence-electron chi connectivity index (χ0n) is 18.0. The van der Waals surface area contributed by atoms with Crippen LogP contribution in [0.3, 0.4) is 0 Å². The minimum absolute atomic E-state index is 0.00913. The van der Waals surface area contributed by atoms with Gasteiger partial charge < -0.3 is 19.7 Å². The summed E-state index contributed by atoms with van der Waals surface area (Å²) in [7, 11) is 0. The highest BCUT2D eigenvalue weighted by Gasteiger charge is 2.40. The zero-order valence-corrected chi connectivity index (χ0v) is 18.0. The molecule has 164 valence electrons. The fourth-order valence-corrected chi connectivity index (χ4v) is 5.02. The van der Waals surface area contributed by atoms with Gasteiger partial charge in [-0.15, -0.1) is 0 Å². The van der Waals surface area contributed by atoms with Crippen LogP contribution in [0.1, 0.15) is 30.1 Å². The molecule has 0 saturated carbocycles. The first kappa shape index (κ1) is 20.3. The predicted molar refractivity (Wildman–Crippen MR) is 119 cm³/mol. The van der Waals surface area contributed by atoms with Gasteiger partial charge in [0, 0.05) is 36.8 Å². The lowest BCUT2D eigenvalue weighted by Crippen LogP contribution is -2.62. The van der Waals surface area contributed by atoms with Gasteiger partial charge in [0.2, 0.25) is 5.88 Å². The molecule has 4 fully saturated rings. The van der Waals surface area contributed by atoms with Gasteiger partial charge in [-0.3, -0.25) is 9.69 Å². The average molecular weight is 423 g/mol. The van der Waals surface area contributed by atoms with Crippen molar-refractivity contribution in [3.8, 4) is 11.6 Å². The number of hydrogen-bond acceptors (Lipinski definition) is 6. The van der Waals surface area contributed by atoms with Gasteiger partial charge in [-0.1, -0.05) is 0 Å². The second-order valence-electron chi connectivity index (χ2n) is 8.69. The molecule has 5 heterocycles. The molecule has 0 unspecified atom stereocenters. The second-order valence-corrected chi connectivity index (χ2v) is 8.69. The summed E-state index contributed by atoms with van der Waals surface area (Å²) in [5, 5.41) is 3.28. The molecule has 0 spiro atoms. The molecule has 4 saturated heterocycles. The van der Waals surface area contributed by atoms with Crippen molar-refractivity contribution in [2.45, 2.75) is 31.8 Å². The molecule has 7 nitrogen and oxygen atoms in total. The van der Waals surface area contributed by atoms with Crippen LogP contribution in [0.15, 0.2) is 42.6 Å². The number of morpholine rings is 1. The molecule has 1 N–H and O–H groups in total. The van der Waals surface area contributed by atoms with Gasteiger partial charge in [0.1, 0.15) is 5.75 Å². The number of ether oxygens (including phenoxy) is 2.